The van der Waals surface area contributed by atoms with Crippen LogP contribution in [0.2, 0.25) is 0 Å². The first-order chi connectivity index (χ1) is 16.0. The Labute approximate surface area is 187 Å². The van der Waals surface area contributed by atoms with E-state index in [1.54, 1.807) is 18.5 Å². The number of nitrogens with two attached hydrogens (primary N) is 1. The summed E-state index contributed by atoms with van der Waals surface area (Å²) in [6, 6.07) is 8.20. The van der Waals surface area contributed by atoms with Crippen molar-refractivity contribution >= 4 is 28.9 Å². The summed E-state index contributed by atoms with van der Waals surface area (Å²) in [7, 11) is 3.07. The zero-order valence-electron chi connectivity index (χ0n) is 17.8. The Morgan fingerprint density at radius 1 is 1.09 bits per heavy atom. The lowest BCUT2D eigenvalue weighted by Crippen LogP contribution is -2.17. The van der Waals surface area contributed by atoms with E-state index in [0.29, 0.717) is 53.5 Å². The molecule has 0 aliphatic carbocycles. The fourth-order valence-corrected chi connectivity index (χ4v) is 3.16. The van der Waals surface area contributed by atoms with Crippen molar-refractivity contribution in [3.63, 3.8) is 0 Å². The standard InChI is InChI=1S/C20H21N9O4/c1-32-17-6-3-12(19(27-17)33-2)13-11-16-23-9-10-28(16)20(25-13)24-8-7-22-15-5-4-14(29(30)31)18(21)26-15/h3-6,9-11H,7-8H2,1-2H3,(H,24,25)(H3,21,22,26). The van der Waals surface area contributed by atoms with Crippen LogP contribution < -0.4 is 25.8 Å². The first-order valence-electron chi connectivity index (χ1n) is 9.82. The maximum Gasteiger partial charge on any atom is 0.311 e. The van der Waals surface area contributed by atoms with E-state index in [4.69, 9.17) is 20.2 Å². The lowest BCUT2D eigenvalue weighted by Gasteiger charge is -2.13. The molecule has 0 aliphatic heterocycles. The predicted molar refractivity (Wildman–Crippen MR) is 122 cm³/mol. The van der Waals surface area contributed by atoms with Crippen LogP contribution in [0.1, 0.15) is 0 Å². The summed E-state index contributed by atoms with van der Waals surface area (Å²) in [6.45, 7) is 0.931. The fourth-order valence-electron chi connectivity index (χ4n) is 3.16. The van der Waals surface area contributed by atoms with Gasteiger partial charge in [-0.3, -0.25) is 14.5 Å². The maximum absolute atomic E-state index is 10.9. The van der Waals surface area contributed by atoms with Crippen molar-refractivity contribution in [2.24, 2.45) is 0 Å². The number of methoxy groups -OCH3 is 2. The second kappa shape index (κ2) is 9.21. The largest absolute Gasteiger partial charge is 0.481 e. The number of nitrogens with one attached hydrogen (secondary N) is 2. The van der Waals surface area contributed by atoms with E-state index in [2.05, 4.69) is 25.6 Å². The number of aromatic nitrogens is 5. The molecule has 4 heterocycles. The number of nitrogen functional groups attached to an aromatic ring is 1. The highest BCUT2D eigenvalue weighted by molar-refractivity contribution is 5.70. The van der Waals surface area contributed by atoms with Crippen LogP contribution >= 0.6 is 0 Å². The molecule has 0 unspecified atom stereocenters. The average molecular weight is 451 g/mol. The van der Waals surface area contributed by atoms with E-state index in [-0.39, 0.29) is 11.5 Å². The van der Waals surface area contributed by atoms with Gasteiger partial charge in [-0.1, -0.05) is 0 Å². The molecule has 0 atom stereocenters. The van der Waals surface area contributed by atoms with Crippen molar-refractivity contribution in [2.75, 3.05) is 43.7 Å². The number of rotatable bonds is 9. The smallest absolute Gasteiger partial charge is 0.311 e. The minimum atomic E-state index is -0.573. The van der Waals surface area contributed by atoms with Gasteiger partial charge in [-0.15, -0.1) is 0 Å². The van der Waals surface area contributed by atoms with Gasteiger partial charge in [0.05, 0.1) is 30.4 Å². The van der Waals surface area contributed by atoms with Gasteiger partial charge in [0.15, 0.2) is 0 Å². The number of nitrogens with zero attached hydrogens (tertiary/aromatic N) is 6. The summed E-state index contributed by atoms with van der Waals surface area (Å²) in [6.07, 6.45) is 3.47. The Hall–Kier alpha value is -4.68. The number of fused-ring (bicyclic) bond motifs is 1. The van der Waals surface area contributed by atoms with Gasteiger partial charge in [0, 0.05) is 43.7 Å². The van der Waals surface area contributed by atoms with Crippen LogP contribution in [0.25, 0.3) is 16.9 Å². The monoisotopic (exact) mass is 451 g/mol. The number of imidazole rings is 1. The molecule has 0 saturated carbocycles. The van der Waals surface area contributed by atoms with Crippen LogP contribution in [0, 0.1) is 10.1 Å². The molecule has 4 rings (SSSR count). The molecule has 0 saturated heterocycles. The van der Waals surface area contributed by atoms with Gasteiger partial charge in [-0.25, -0.2) is 15.0 Å². The molecular weight excluding hydrogens is 430 g/mol. The summed E-state index contributed by atoms with van der Waals surface area (Å²) in [5.41, 5.74) is 7.41. The van der Waals surface area contributed by atoms with Crippen LogP contribution in [0.5, 0.6) is 11.8 Å². The minimum Gasteiger partial charge on any atom is -0.481 e. The van der Waals surface area contributed by atoms with E-state index in [1.807, 2.05) is 16.5 Å². The zero-order valence-corrected chi connectivity index (χ0v) is 17.8. The summed E-state index contributed by atoms with van der Waals surface area (Å²) in [5.74, 6) is 1.67. The van der Waals surface area contributed by atoms with E-state index >= 15 is 0 Å². The molecule has 13 heteroatoms. The number of ether oxygens (including phenoxy) is 2. The molecule has 33 heavy (non-hydrogen) atoms. The third kappa shape index (κ3) is 4.51. The van der Waals surface area contributed by atoms with Crippen molar-refractivity contribution in [3.8, 4) is 23.0 Å². The van der Waals surface area contributed by atoms with Crippen LogP contribution in [0.4, 0.5) is 23.3 Å². The lowest BCUT2D eigenvalue weighted by molar-refractivity contribution is -0.384. The Morgan fingerprint density at radius 3 is 2.64 bits per heavy atom. The number of nitro groups is 1. The second-order valence-electron chi connectivity index (χ2n) is 6.74. The van der Waals surface area contributed by atoms with Gasteiger partial charge >= 0.3 is 5.69 Å². The molecule has 0 aliphatic rings. The second-order valence-corrected chi connectivity index (χ2v) is 6.74. The molecule has 4 aromatic heterocycles. The molecule has 13 nitrogen and oxygen atoms in total. The van der Waals surface area contributed by atoms with Gasteiger partial charge in [0.2, 0.25) is 23.5 Å². The fraction of sp³-hybridized carbons (Fsp3) is 0.200. The Morgan fingerprint density at radius 2 is 1.91 bits per heavy atom. The number of anilines is 3. The van der Waals surface area contributed by atoms with E-state index in [9.17, 15) is 10.1 Å². The Bertz CT molecular complexity index is 1310. The van der Waals surface area contributed by atoms with Gasteiger partial charge in [0.1, 0.15) is 11.5 Å². The normalized spacial score (nSPS) is 10.7. The Balaban J connectivity index is 1.51. The Kier molecular flexibility index (Phi) is 6.02. The molecule has 170 valence electrons. The van der Waals surface area contributed by atoms with Crippen molar-refractivity contribution in [1.82, 2.24) is 24.3 Å². The van der Waals surface area contributed by atoms with E-state index in [0.717, 1.165) is 0 Å². The van der Waals surface area contributed by atoms with Crippen molar-refractivity contribution in [2.45, 2.75) is 0 Å². The quantitative estimate of drug-likeness (QED) is 0.194. The van der Waals surface area contributed by atoms with Crippen molar-refractivity contribution < 1.29 is 14.4 Å². The molecule has 0 spiro atoms. The predicted octanol–water partition coefficient (Wildman–Crippen LogP) is 2.22. The summed E-state index contributed by atoms with van der Waals surface area (Å²) < 4.78 is 12.4. The van der Waals surface area contributed by atoms with Crippen LogP contribution in [0.3, 0.4) is 0 Å². The average Bonchev–Trinajstić information content (AvgIpc) is 3.30. The topological polar surface area (TPSA) is 168 Å². The molecular formula is C20H21N9O4. The van der Waals surface area contributed by atoms with E-state index < -0.39 is 4.92 Å². The molecule has 0 amide bonds. The van der Waals surface area contributed by atoms with E-state index in [1.165, 1.54) is 26.4 Å². The SMILES string of the molecule is COc1ccc(-c2cc3nccn3c(NCCNc3ccc([N+](=O)[O-])c(N)n3)n2)c(OC)n1. The molecule has 0 radical (unpaired) electrons. The molecule has 0 fully saturated rings. The van der Waals surface area contributed by atoms with Gasteiger partial charge in [-0.2, -0.15) is 4.98 Å². The molecule has 0 aromatic carbocycles. The molecule has 4 aromatic rings. The van der Waals surface area contributed by atoms with Crippen LogP contribution in [0.15, 0.2) is 42.7 Å². The third-order valence-corrected chi connectivity index (χ3v) is 4.72. The molecule has 4 N–H and O–H groups in total. The summed E-state index contributed by atoms with van der Waals surface area (Å²) >= 11 is 0. The van der Waals surface area contributed by atoms with Crippen LogP contribution in [-0.4, -0.2) is 56.6 Å². The summed E-state index contributed by atoms with van der Waals surface area (Å²) in [5, 5.41) is 17.2. The third-order valence-electron chi connectivity index (χ3n) is 4.72. The maximum atomic E-state index is 10.9. The molecule has 0 bridgehead atoms. The van der Waals surface area contributed by atoms with Gasteiger partial charge in [0.25, 0.3) is 0 Å². The highest BCUT2D eigenvalue weighted by atomic mass is 16.6. The van der Waals surface area contributed by atoms with Crippen molar-refractivity contribution in [3.05, 3.63) is 52.8 Å². The minimum absolute atomic E-state index is 0.144. The number of hydrogen-bond acceptors (Lipinski definition) is 11. The van der Waals surface area contributed by atoms with Gasteiger partial charge in [-0.05, 0) is 12.1 Å². The zero-order chi connectivity index (χ0) is 23.4. The first kappa shape index (κ1) is 21.5. The first-order valence-corrected chi connectivity index (χ1v) is 9.82. The highest BCUT2D eigenvalue weighted by Gasteiger charge is 2.15. The van der Waals surface area contributed by atoms with Crippen molar-refractivity contribution in [1.29, 1.82) is 0 Å². The highest BCUT2D eigenvalue weighted by Crippen LogP contribution is 2.30. The number of hydrogen-bond donors (Lipinski definition) is 3. The number of pyridine rings is 2. The van der Waals surface area contributed by atoms with Crippen LogP contribution in [-0.2, 0) is 0 Å². The lowest BCUT2D eigenvalue weighted by atomic mass is 10.2. The summed E-state index contributed by atoms with van der Waals surface area (Å²) in [4.78, 5) is 27.7. The van der Waals surface area contributed by atoms with Gasteiger partial charge < -0.3 is 25.8 Å².